The Morgan fingerprint density at radius 3 is 2.71 bits per heavy atom. The maximum Gasteiger partial charge on any atom is 0.224 e. The topological polar surface area (TPSA) is 84.0 Å². The molecular weight excluding hydrogens is 264 g/mol. The van der Waals surface area contributed by atoms with Gasteiger partial charge in [-0.05, 0) is 6.92 Å². The molecule has 0 aliphatic heterocycles. The number of hydrogen-bond donors (Lipinski definition) is 2. The van der Waals surface area contributed by atoms with Crippen LogP contribution in [-0.2, 0) is 9.84 Å². The van der Waals surface area contributed by atoms with Gasteiger partial charge in [0, 0.05) is 19.3 Å². The molecule has 6 nitrogen and oxygen atoms in total. The van der Waals surface area contributed by atoms with Gasteiger partial charge in [-0.3, -0.25) is 0 Å². The molecule has 1 aromatic rings. The number of nitrogens with zero attached hydrogens (tertiary/aromatic N) is 2. The second kappa shape index (κ2) is 6.02. The van der Waals surface area contributed by atoms with E-state index >= 15 is 0 Å². The number of rotatable bonds is 6. The van der Waals surface area contributed by atoms with Crippen molar-refractivity contribution in [1.29, 1.82) is 0 Å². The molecule has 96 valence electrons. The van der Waals surface area contributed by atoms with Crippen LogP contribution in [0.25, 0.3) is 0 Å². The molecule has 17 heavy (non-hydrogen) atoms. The molecule has 0 bridgehead atoms. The van der Waals surface area contributed by atoms with Crippen LogP contribution in [0.4, 0.5) is 11.8 Å². The van der Waals surface area contributed by atoms with E-state index in [1.54, 1.807) is 0 Å². The van der Waals surface area contributed by atoms with Gasteiger partial charge in [0.2, 0.25) is 5.95 Å². The Morgan fingerprint density at radius 2 is 2.12 bits per heavy atom. The van der Waals surface area contributed by atoms with Crippen LogP contribution < -0.4 is 10.6 Å². The van der Waals surface area contributed by atoms with Crippen LogP contribution in [0.1, 0.15) is 6.92 Å². The van der Waals surface area contributed by atoms with Gasteiger partial charge in [-0.25, -0.2) is 13.4 Å². The van der Waals surface area contributed by atoms with Crippen LogP contribution in [0, 0.1) is 0 Å². The smallest absolute Gasteiger partial charge is 0.224 e. The lowest BCUT2D eigenvalue weighted by Gasteiger charge is -2.08. The molecular formula is C9H15ClN4O2S. The van der Waals surface area contributed by atoms with E-state index in [-0.39, 0.29) is 12.3 Å². The molecule has 1 heterocycles. The van der Waals surface area contributed by atoms with Crippen molar-refractivity contribution in [2.24, 2.45) is 0 Å². The molecule has 0 fully saturated rings. The molecule has 0 spiro atoms. The monoisotopic (exact) mass is 278 g/mol. The lowest BCUT2D eigenvalue weighted by atomic mass is 10.5. The molecule has 0 radical (unpaired) electrons. The first-order chi connectivity index (χ1) is 7.92. The molecule has 0 unspecified atom stereocenters. The number of aromatic nitrogens is 2. The largest absolute Gasteiger partial charge is 0.368 e. The summed E-state index contributed by atoms with van der Waals surface area (Å²) in [6.45, 7) is 2.89. The highest BCUT2D eigenvalue weighted by Crippen LogP contribution is 2.18. The number of hydrogen-bond acceptors (Lipinski definition) is 6. The molecule has 2 N–H and O–H groups in total. The average molecular weight is 279 g/mol. The van der Waals surface area contributed by atoms with Crippen LogP contribution in [-0.4, -0.2) is 43.5 Å². The molecule has 0 atom stereocenters. The fraction of sp³-hybridized carbons (Fsp3) is 0.556. The fourth-order valence-corrected chi connectivity index (χ4v) is 1.72. The predicted octanol–water partition coefficient (Wildman–Crippen LogP) is 1.02. The summed E-state index contributed by atoms with van der Waals surface area (Å²) >= 11 is 5.88. The molecule has 0 aliphatic rings. The van der Waals surface area contributed by atoms with Crippen molar-refractivity contribution in [3.63, 3.8) is 0 Å². The summed E-state index contributed by atoms with van der Waals surface area (Å²) in [6, 6.07) is 0. The fourth-order valence-electron chi connectivity index (χ4n) is 1.09. The number of nitrogens with one attached hydrogen (secondary N) is 2. The molecule has 8 heteroatoms. The third-order valence-electron chi connectivity index (χ3n) is 1.84. The standard InChI is InChI=1S/C9H15ClN4O2S/c1-3-11-9-13-6-7(10)8(14-9)12-4-5-17(2,15)16/h6H,3-5H2,1-2H3,(H2,11,12,13,14). The van der Waals surface area contributed by atoms with Crippen molar-refractivity contribution in [2.45, 2.75) is 6.92 Å². The molecule has 0 aromatic carbocycles. The zero-order chi connectivity index (χ0) is 12.9. The SMILES string of the molecule is CCNc1ncc(Cl)c(NCCS(C)(=O)=O)n1. The lowest BCUT2D eigenvalue weighted by Crippen LogP contribution is -2.15. The molecule has 1 rings (SSSR count). The van der Waals surface area contributed by atoms with Gasteiger partial charge in [-0.2, -0.15) is 4.98 Å². The summed E-state index contributed by atoms with van der Waals surface area (Å²) < 4.78 is 21.9. The number of anilines is 2. The summed E-state index contributed by atoms with van der Waals surface area (Å²) in [7, 11) is -2.99. The van der Waals surface area contributed by atoms with Crippen molar-refractivity contribution in [2.75, 3.05) is 35.7 Å². The van der Waals surface area contributed by atoms with Crippen molar-refractivity contribution < 1.29 is 8.42 Å². The quantitative estimate of drug-likeness (QED) is 0.808. The van der Waals surface area contributed by atoms with Crippen LogP contribution >= 0.6 is 11.6 Å². The number of sulfone groups is 1. The van der Waals surface area contributed by atoms with Crippen LogP contribution in [0.2, 0.25) is 5.02 Å². The van der Waals surface area contributed by atoms with E-state index in [0.29, 0.717) is 23.3 Å². The Labute approximate surface area is 106 Å². The maximum atomic E-state index is 11.0. The van der Waals surface area contributed by atoms with Crippen molar-refractivity contribution >= 4 is 33.2 Å². The Morgan fingerprint density at radius 1 is 1.41 bits per heavy atom. The van der Waals surface area contributed by atoms with Crippen LogP contribution in [0.3, 0.4) is 0 Å². The molecule has 0 saturated heterocycles. The zero-order valence-corrected chi connectivity index (χ0v) is 11.3. The minimum absolute atomic E-state index is 0.0316. The summed E-state index contributed by atoms with van der Waals surface area (Å²) in [5.74, 6) is 0.921. The van der Waals surface area contributed by atoms with Gasteiger partial charge in [0.25, 0.3) is 0 Å². The average Bonchev–Trinajstić information content (AvgIpc) is 2.21. The predicted molar refractivity (Wildman–Crippen MR) is 69.4 cm³/mol. The second-order valence-corrected chi connectivity index (χ2v) is 6.14. The van der Waals surface area contributed by atoms with Crippen LogP contribution in [0.15, 0.2) is 6.20 Å². The highest BCUT2D eigenvalue weighted by Gasteiger charge is 2.06. The summed E-state index contributed by atoms with van der Waals surface area (Å²) in [5, 5.41) is 6.17. The normalized spacial score (nSPS) is 11.2. The van der Waals surface area contributed by atoms with Crippen molar-refractivity contribution in [1.82, 2.24) is 9.97 Å². The summed E-state index contributed by atoms with van der Waals surface area (Å²) in [4.78, 5) is 8.09. The highest BCUT2D eigenvalue weighted by atomic mass is 35.5. The van der Waals surface area contributed by atoms with Gasteiger partial charge in [-0.1, -0.05) is 11.6 Å². The van der Waals surface area contributed by atoms with Gasteiger partial charge < -0.3 is 10.6 Å². The first-order valence-electron chi connectivity index (χ1n) is 5.10. The Kier molecular flexibility index (Phi) is 4.95. The Hall–Kier alpha value is -1.08. The van der Waals surface area contributed by atoms with E-state index in [1.807, 2.05) is 6.92 Å². The third kappa shape index (κ3) is 5.18. The Balaban J connectivity index is 2.66. The molecule has 0 amide bonds. The first kappa shape index (κ1) is 14.0. The van der Waals surface area contributed by atoms with Gasteiger partial charge in [-0.15, -0.1) is 0 Å². The maximum absolute atomic E-state index is 11.0. The van der Waals surface area contributed by atoms with E-state index in [9.17, 15) is 8.42 Å². The summed E-state index contributed by atoms with van der Waals surface area (Å²) in [6.07, 6.45) is 2.65. The second-order valence-electron chi connectivity index (χ2n) is 3.48. The van der Waals surface area contributed by atoms with Gasteiger partial charge in [0.1, 0.15) is 14.9 Å². The lowest BCUT2D eigenvalue weighted by molar-refractivity contribution is 0.602. The highest BCUT2D eigenvalue weighted by molar-refractivity contribution is 7.90. The first-order valence-corrected chi connectivity index (χ1v) is 7.54. The van der Waals surface area contributed by atoms with Crippen LogP contribution in [0.5, 0.6) is 0 Å². The molecule has 0 aliphatic carbocycles. The van der Waals surface area contributed by atoms with E-state index in [1.165, 1.54) is 12.5 Å². The van der Waals surface area contributed by atoms with Crippen molar-refractivity contribution in [3.05, 3.63) is 11.2 Å². The van der Waals surface area contributed by atoms with E-state index < -0.39 is 9.84 Å². The molecule has 1 aromatic heterocycles. The third-order valence-corrected chi connectivity index (χ3v) is 3.07. The van der Waals surface area contributed by atoms with E-state index in [2.05, 4.69) is 20.6 Å². The van der Waals surface area contributed by atoms with Gasteiger partial charge in [0.15, 0.2) is 5.82 Å². The van der Waals surface area contributed by atoms with E-state index in [0.717, 1.165) is 0 Å². The minimum atomic E-state index is -2.99. The molecule has 0 saturated carbocycles. The van der Waals surface area contributed by atoms with Gasteiger partial charge >= 0.3 is 0 Å². The van der Waals surface area contributed by atoms with Crippen molar-refractivity contribution in [3.8, 4) is 0 Å². The Bertz CT molecular complexity index is 478. The van der Waals surface area contributed by atoms with E-state index in [4.69, 9.17) is 11.6 Å². The zero-order valence-electron chi connectivity index (χ0n) is 9.70. The van der Waals surface area contributed by atoms with Gasteiger partial charge in [0.05, 0.1) is 11.9 Å². The number of halogens is 1. The minimum Gasteiger partial charge on any atom is -0.368 e. The summed E-state index contributed by atoms with van der Waals surface area (Å²) in [5.41, 5.74) is 0.